The second-order valence-corrected chi connectivity index (χ2v) is 10.1. The fourth-order valence-electron chi connectivity index (χ4n) is 4.03. The molecule has 1 aliphatic rings. The summed E-state index contributed by atoms with van der Waals surface area (Å²) in [4.78, 5) is 15.2. The van der Waals surface area contributed by atoms with Gasteiger partial charge < -0.3 is 14.1 Å². The van der Waals surface area contributed by atoms with Crippen molar-refractivity contribution in [3.05, 3.63) is 78.1 Å². The summed E-state index contributed by atoms with van der Waals surface area (Å²) in [7, 11) is -3.51. The highest BCUT2D eigenvalue weighted by Crippen LogP contribution is 2.26. The Morgan fingerprint density at radius 3 is 2.40 bits per heavy atom. The van der Waals surface area contributed by atoms with E-state index in [1.165, 1.54) is 10.4 Å². The van der Waals surface area contributed by atoms with Gasteiger partial charge in [-0.15, -0.1) is 0 Å². The Kier molecular flexibility index (Phi) is 7.85. The van der Waals surface area contributed by atoms with Crippen LogP contribution in [0, 0.1) is 0 Å². The van der Waals surface area contributed by atoms with Crippen LogP contribution in [0.1, 0.15) is 30.0 Å². The van der Waals surface area contributed by atoms with Gasteiger partial charge in [-0.05, 0) is 60.7 Å². The maximum atomic E-state index is 12.7. The van der Waals surface area contributed by atoms with Gasteiger partial charge in [0.2, 0.25) is 10.0 Å². The molecule has 1 saturated heterocycles. The van der Waals surface area contributed by atoms with Crippen LogP contribution < -0.4 is 4.90 Å². The van der Waals surface area contributed by atoms with Crippen LogP contribution in [0.3, 0.4) is 0 Å². The van der Waals surface area contributed by atoms with E-state index in [-0.39, 0.29) is 10.7 Å². The molecule has 0 amide bonds. The quantitative estimate of drug-likeness (QED) is 0.317. The van der Waals surface area contributed by atoms with Gasteiger partial charge in [0.1, 0.15) is 11.5 Å². The van der Waals surface area contributed by atoms with E-state index in [1.54, 1.807) is 48.5 Å². The number of furan rings is 1. The van der Waals surface area contributed by atoms with Crippen LogP contribution in [-0.4, -0.2) is 57.9 Å². The molecule has 2 aromatic carbocycles. The monoisotopic (exact) mass is 494 g/mol. The van der Waals surface area contributed by atoms with Crippen molar-refractivity contribution in [1.82, 2.24) is 4.31 Å². The second kappa shape index (κ2) is 11.0. The van der Waals surface area contributed by atoms with Gasteiger partial charge in [-0.2, -0.15) is 4.31 Å². The minimum atomic E-state index is -3.51. The summed E-state index contributed by atoms with van der Waals surface area (Å²) < 4.78 is 38.0. The molecule has 3 aromatic rings. The summed E-state index contributed by atoms with van der Waals surface area (Å²) in [5.41, 5.74) is 2.38. The predicted octanol–water partition coefficient (Wildman–Crippen LogP) is 4.71. The molecule has 0 spiro atoms. The van der Waals surface area contributed by atoms with Crippen molar-refractivity contribution in [1.29, 1.82) is 0 Å². The van der Waals surface area contributed by atoms with Crippen molar-refractivity contribution in [2.24, 2.45) is 0 Å². The van der Waals surface area contributed by atoms with Crippen molar-refractivity contribution < 1.29 is 22.4 Å². The molecular weight excluding hydrogens is 464 g/mol. The minimum absolute atomic E-state index is 0.107. The molecule has 0 saturated carbocycles. The van der Waals surface area contributed by atoms with Gasteiger partial charge in [0.25, 0.3) is 0 Å². The molecule has 0 atom stereocenters. The molecule has 0 unspecified atom stereocenters. The number of hydrogen-bond donors (Lipinski definition) is 0. The zero-order valence-corrected chi connectivity index (χ0v) is 20.8. The van der Waals surface area contributed by atoms with Gasteiger partial charge >= 0.3 is 0 Å². The molecule has 184 valence electrons. The molecule has 0 aliphatic carbocycles. The molecule has 0 radical (unpaired) electrons. The Morgan fingerprint density at radius 2 is 1.71 bits per heavy atom. The van der Waals surface area contributed by atoms with E-state index in [4.69, 9.17) is 9.15 Å². The number of benzene rings is 2. The van der Waals surface area contributed by atoms with E-state index >= 15 is 0 Å². The lowest BCUT2D eigenvalue weighted by molar-refractivity contribution is 0.104. The zero-order valence-electron chi connectivity index (χ0n) is 20.0. The summed E-state index contributed by atoms with van der Waals surface area (Å²) in [6.45, 7) is 7.48. The lowest BCUT2D eigenvalue weighted by Gasteiger charge is -2.29. The Labute approximate surface area is 206 Å². The van der Waals surface area contributed by atoms with Crippen LogP contribution in [0.25, 0.3) is 17.4 Å². The maximum absolute atomic E-state index is 12.7. The third-order valence-corrected chi connectivity index (χ3v) is 8.08. The maximum Gasteiger partial charge on any atom is 0.243 e. The summed E-state index contributed by atoms with van der Waals surface area (Å²) in [6.07, 6.45) is 3.15. The van der Waals surface area contributed by atoms with Crippen molar-refractivity contribution in [3.8, 4) is 11.3 Å². The first kappa shape index (κ1) is 24.9. The number of morpholine rings is 1. The zero-order chi connectivity index (χ0) is 24.8. The molecule has 2 heterocycles. The first-order chi connectivity index (χ1) is 16.9. The standard InChI is InChI=1S/C27H30N2O5S/c1-3-29(4-2)35(31,32)25-12-8-21(9-13-25)27-15-11-24(34-27)10-14-26(30)22-6-5-7-23(20-22)28-16-18-33-19-17-28/h5-15,20H,3-4,16-19H2,1-2H3/b14-10-. The number of rotatable bonds is 9. The molecule has 4 rings (SSSR count). The Hall–Kier alpha value is -3.20. The van der Waals surface area contributed by atoms with E-state index < -0.39 is 10.0 Å². The third kappa shape index (κ3) is 5.73. The number of sulfonamides is 1. The van der Waals surface area contributed by atoms with Gasteiger partial charge in [-0.25, -0.2) is 8.42 Å². The lowest BCUT2D eigenvalue weighted by atomic mass is 10.1. The van der Waals surface area contributed by atoms with Gasteiger partial charge in [0.05, 0.1) is 18.1 Å². The molecule has 0 bridgehead atoms. The van der Waals surface area contributed by atoms with E-state index in [0.717, 1.165) is 24.3 Å². The van der Waals surface area contributed by atoms with E-state index in [0.29, 0.717) is 43.4 Å². The molecule has 35 heavy (non-hydrogen) atoms. The number of hydrogen-bond acceptors (Lipinski definition) is 6. The topological polar surface area (TPSA) is 80.1 Å². The molecule has 8 heteroatoms. The number of nitrogens with zero attached hydrogens (tertiary/aromatic N) is 2. The number of ketones is 1. The van der Waals surface area contributed by atoms with Crippen molar-refractivity contribution in [2.75, 3.05) is 44.3 Å². The molecule has 1 aliphatic heterocycles. The van der Waals surface area contributed by atoms with E-state index in [2.05, 4.69) is 4.90 Å². The first-order valence-corrected chi connectivity index (χ1v) is 13.2. The number of carbonyl (C=O) groups excluding carboxylic acids is 1. The van der Waals surface area contributed by atoms with Crippen LogP contribution in [-0.2, 0) is 14.8 Å². The number of anilines is 1. The summed E-state index contributed by atoms with van der Waals surface area (Å²) >= 11 is 0. The second-order valence-electron chi connectivity index (χ2n) is 8.16. The first-order valence-electron chi connectivity index (χ1n) is 11.8. The van der Waals surface area contributed by atoms with Crippen molar-refractivity contribution >= 4 is 27.6 Å². The Balaban J connectivity index is 1.45. The van der Waals surface area contributed by atoms with Gasteiger partial charge in [-0.3, -0.25) is 4.79 Å². The summed E-state index contributed by atoms with van der Waals surface area (Å²) in [5, 5.41) is 0. The van der Waals surface area contributed by atoms with Crippen LogP contribution in [0.15, 0.2) is 76.1 Å². The fourth-order valence-corrected chi connectivity index (χ4v) is 5.49. The van der Waals surface area contributed by atoms with E-state index in [1.807, 2.05) is 32.0 Å². The predicted molar refractivity (Wildman–Crippen MR) is 137 cm³/mol. The van der Waals surface area contributed by atoms with Gasteiger partial charge in [-0.1, -0.05) is 26.0 Å². The van der Waals surface area contributed by atoms with Crippen LogP contribution in [0.2, 0.25) is 0 Å². The van der Waals surface area contributed by atoms with Crippen LogP contribution in [0.4, 0.5) is 5.69 Å². The van der Waals surface area contributed by atoms with Gasteiger partial charge in [0, 0.05) is 43.0 Å². The Bertz CT molecular complexity index is 1290. The van der Waals surface area contributed by atoms with Crippen LogP contribution in [0.5, 0.6) is 0 Å². The highest BCUT2D eigenvalue weighted by Gasteiger charge is 2.21. The van der Waals surface area contributed by atoms with Crippen molar-refractivity contribution in [3.63, 3.8) is 0 Å². The van der Waals surface area contributed by atoms with E-state index in [9.17, 15) is 13.2 Å². The molecular formula is C27H30N2O5S. The molecule has 1 aromatic heterocycles. The number of ether oxygens (including phenoxy) is 1. The van der Waals surface area contributed by atoms with Crippen molar-refractivity contribution in [2.45, 2.75) is 18.7 Å². The highest BCUT2D eigenvalue weighted by atomic mass is 32.2. The van der Waals surface area contributed by atoms with Crippen LogP contribution >= 0.6 is 0 Å². The summed E-state index contributed by atoms with van der Waals surface area (Å²) in [6, 6.07) is 17.8. The fraction of sp³-hybridized carbons (Fsp3) is 0.296. The molecule has 7 nitrogen and oxygen atoms in total. The summed E-state index contributed by atoms with van der Waals surface area (Å²) in [5.74, 6) is 1.03. The normalized spacial score (nSPS) is 14.7. The largest absolute Gasteiger partial charge is 0.457 e. The molecule has 0 N–H and O–H groups in total. The minimum Gasteiger partial charge on any atom is -0.457 e. The average molecular weight is 495 g/mol. The SMILES string of the molecule is CCN(CC)S(=O)(=O)c1ccc(-c2ccc(/C=C\C(=O)c3cccc(N4CCOCC4)c3)o2)cc1. The molecule has 1 fully saturated rings. The number of carbonyl (C=O) groups is 1. The smallest absolute Gasteiger partial charge is 0.243 e. The lowest BCUT2D eigenvalue weighted by Crippen LogP contribution is -2.36. The average Bonchev–Trinajstić information content (AvgIpc) is 3.37. The van der Waals surface area contributed by atoms with Gasteiger partial charge in [0.15, 0.2) is 5.78 Å². The Morgan fingerprint density at radius 1 is 1.00 bits per heavy atom. The third-order valence-electron chi connectivity index (χ3n) is 6.01. The number of allylic oxidation sites excluding steroid dienone is 1. The highest BCUT2D eigenvalue weighted by molar-refractivity contribution is 7.89.